The molecule has 1 N–H and O–H groups in total. The van der Waals surface area contributed by atoms with Crippen molar-refractivity contribution in [2.45, 2.75) is 6.18 Å². The molecule has 0 saturated carbocycles. The van der Waals surface area contributed by atoms with Crippen LogP contribution in [-0.2, 0) is 4.79 Å². The third kappa shape index (κ3) is 6.08. The average molecular weight is 389 g/mol. The van der Waals surface area contributed by atoms with Crippen LogP contribution in [-0.4, -0.2) is 48.1 Å². The van der Waals surface area contributed by atoms with E-state index in [2.05, 4.69) is 18.8 Å². The first kappa shape index (κ1) is 20.4. The van der Waals surface area contributed by atoms with Crippen LogP contribution in [0.15, 0.2) is 12.1 Å². The quantitative estimate of drug-likeness (QED) is 0.593. The molecule has 0 fully saturated rings. The van der Waals surface area contributed by atoms with Crippen molar-refractivity contribution in [3.05, 3.63) is 27.3 Å². The minimum atomic E-state index is -5.18. The predicted octanol–water partition coefficient (Wildman–Crippen LogP) is 3.82. The Bertz CT molecular complexity index is 647. The van der Waals surface area contributed by atoms with Gasteiger partial charge in [-0.3, -0.25) is 14.9 Å². The lowest BCUT2D eigenvalue weighted by molar-refractivity contribution is -0.384. The number of ether oxygens (including phenoxy) is 1. The fourth-order valence-electron chi connectivity index (χ4n) is 1.50. The number of rotatable bonds is 6. The fourth-order valence-corrected chi connectivity index (χ4v) is 2.30. The lowest BCUT2D eigenvalue weighted by Crippen LogP contribution is -2.30. The molecule has 1 amide bonds. The van der Waals surface area contributed by atoms with Crippen LogP contribution in [0, 0.1) is 10.1 Å². The van der Waals surface area contributed by atoms with Gasteiger partial charge in [0.2, 0.25) is 0 Å². The number of carbonyl (C=O) groups excluding carboxylic acids is 1. The summed E-state index contributed by atoms with van der Waals surface area (Å²) in [5.41, 5.74) is -1.39. The third-order valence-corrected chi connectivity index (χ3v) is 4.39. The molecule has 6 nitrogen and oxygen atoms in total. The van der Waals surface area contributed by atoms with E-state index in [0.717, 1.165) is 12.1 Å². The number of anilines is 1. The molecule has 0 unspecified atom stereocenters. The zero-order chi connectivity index (χ0) is 18.7. The SMILES string of the molecule is CS(C)(C)CCOc1cc([N+](=O)[O-])c(NC(=O)C(F)(F)F)cc1Cl. The Labute approximate surface area is 142 Å². The Morgan fingerprint density at radius 3 is 2.42 bits per heavy atom. The number of nitrogens with one attached hydrogen (secondary N) is 1. The number of hydrogen-bond acceptors (Lipinski definition) is 4. The van der Waals surface area contributed by atoms with Crippen molar-refractivity contribution < 1.29 is 27.6 Å². The molecule has 0 heterocycles. The van der Waals surface area contributed by atoms with Gasteiger partial charge in [0.1, 0.15) is 11.4 Å². The molecule has 0 atom stereocenters. The molecule has 136 valence electrons. The molecular weight excluding hydrogens is 373 g/mol. The van der Waals surface area contributed by atoms with Crippen molar-refractivity contribution in [2.75, 3.05) is 36.4 Å². The number of nitrogens with zero attached hydrogens (tertiary/aromatic N) is 1. The van der Waals surface area contributed by atoms with Crippen LogP contribution in [0.3, 0.4) is 0 Å². The Hall–Kier alpha value is -1.68. The molecule has 0 radical (unpaired) electrons. The average Bonchev–Trinajstić information content (AvgIpc) is 2.38. The number of alkyl halides is 3. The molecule has 0 aliphatic carbocycles. The zero-order valence-electron chi connectivity index (χ0n) is 13.1. The summed E-state index contributed by atoms with van der Waals surface area (Å²) in [6.07, 6.45) is 0.980. The van der Waals surface area contributed by atoms with Crippen LogP contribution in [0.2, 0.25) is 5.02 Å². The van der Waals surface area contributed by atoms with E-state index in [0.29, 0.717) is 5.75 Å². The lowest BCUT2D eigenvalue weighted by Gasteiger charge is -2.24. The fraction of sp³-hybridized carbons (Fsp3) is 0.462. The van der Waals surface area contributed by atoms with Crippen LogP contribution in [0.25, 0.3) is 0 Å². The Balaban J connectivity index is 3.06. The largest absolute Gasteiger partial charge is 0.491 e. The van der Waals surface area contributed by atoms with E-state index in [4.69, 9.17) is 16.3 Å². The van der Waals surface area contributed by atoms with Gasteiger partial charge in [-0.2, -0.15) is 13.2 Å². The molecule has 1 aromatic rings. The van der Waals surface area contributed by atoms with Gasteiger partial charge in [-0.25, -0.2) is 10.0 Å². The first-order valence-corrected chi connectivity index (χ1v) is 9.86. The van der Waals surface area contributed by atoms with E-state index in [-0.39, 0.29) is 17.4 Å². The maximum atomic E-state index is 12.3. The van der Waals surface area contributed by atoms with E-state index >= 15 is 0 Å². The van der Waals surface area contributed by atoms with Crippen molar-refractivity contribution in [2.24, 2.45) is 0 Å². The normalized spacial score (nSPS) is 12.6. The molecule has 1 rings (SSSR count). The molecule has 0 spiro atoms. The zero-order valence-corrected chi connectivity index (χ0v) is 14.6. The molecule has 24 heavy (non-hydrogen) atoms. The number of nitro benzene ring substituents is 1. The van der Waals surface area contributed by atoms with Crippen molar-refractivity contribution >= 4 is 38.9 Å². The highest BCUT2D eigenvalue weighted by atomic mass is 35.5. The number of amides is 1. The van der Waals surface area contributed by atoms with Crippen molar-refractivity contribution in [1.82, 2.24) is 0 Å². The summed E-state index contributed by atoms with van der Waals surface area (Å²) in [4.78, 5) is 21.1. The van der Waals surface area contributed by atoms with Gasteiger partial charge in [-0.05, 0) is 24.8 Å². The highest BCUT2D eigenvalue weighted by Gasteiger charge is 2.39. The summed E-state index contributed by atoms with van der Waals surface area (Å²) in [5.74, 6) is -1.65. The van der Waals surface area contributed by atoms with Gasteiger partial charge in [0.25, 0.3) is 5.69 Å². The molecule has 0 aliphatic rings. The number of carbonyl (C=O) groups is 1. The highest BCUT2D eigenvalue weighted by molar-refractivity contribution is 8.32. The number of hydrogen-bond donors (Lipinski definition) is 1. The summed E-state index contributed by atoms with van der Waals surface area (Å²) < 4.78 is 42.2. The molecule has 1 aromatic carbocycles. The van der Waals surface area contributed by atoms with Crippen LogP contribution in [0.1, 0.15) is 0 Å². The molecule has 11 heteroatoms. The van der Waals surface area contributed by atoms with Crippen molar-refractivity contribution in [3.8, 4) is 5.75 Å². The number of halogens is 4. The lowest BCUT2D eigenvalue weighted by atomic mass is 10.2. The summed E-state index contributed by atoms with van der Waals surface area (Å²) in [5, 5.41) is 12.3. The van der Waals surface area contributed by atoms with Gasteiger partial charge in [0.15, 0.2) is 0 Å². The van der Waals surface area contributed by atoms with Gasteiger partial charge in [0.05, 0.1) is 22.6 Å². The second kappa shape index (κ2) is 7.47. The first-order valence-electron chi connectivity index (χ1n) is 6.46. The third-order valence-electron chi connectivity index (χ3n) is 2.71. The first-order chi connectivity index (χ1) is 10.8. The van der Waals surface area contributed by atoms with Gasteiger partial charge >= 0.3 is 12.1 Å². The van der Waals surface area contributed by atoms with E-state index in [1.165, 1.54) is 5.32 Å². The summed E-state index contributed by atoms with van der Waals surface area (Å²) >= 11 is 5.88. The minimum absolute atomic E-state index is 0.0305. The summed E-state index contributed by atoms with van der Waals surface area (Å²) in [7, 11) is -0.858. The van der Waals surface area contributed by atoms with E-state index in [1.54, 1.807) is 0 Å². The Morgan fingerprint density at radius 2 is 1.96 bits per heavy atom. The Kier molecular flexibility index (Phi) is 6.34. The van der Waals surface area contributed by atoms with Crippen LogP contribution < -0.4 is 10.1 Å². The number of nitro groups is 1. The van der Waals surface area contributed by atoms with Gasteiger partial charge in [0, 0.05) is 5.75 Å². The predicted molar refractivity (Wildman–Crippen MR) is 88.5 cm³/mol. The van der Waals surface area contributed by atoms with Crippen molar-refractivity contribution in [1.29, 1.82) is 0 Å². The van der Waals surface area contributed by atoms with Gasteiger partial charge < -0.3 is 10.1 Å². The van der Waals surface area contributed by atoms with Gasteiger partial charge in [-0.15, -0.1) is 0 Å². The maximum Gasteiger partial charge on any atom is 0.471 e. The van der Waals surface area contributed by atoms with Crippen LogP contribution in [0.5, 0.6) is 5.75 Å². The van der Waals surface area contributed by atoms with E-state index in [1.807, 2.05) is 0 Å². The summed E-state index contributed by atoms with van der Waals surface area (Å²) in [6, 6.07) is 1.76. The maximum absolute atomic E-state index is 12.3. The minimum Gasteiger partial charge on any atom is -0.491 e. The molecule has 0 saturated heterocycles. The number of benzene rings is 1. The monoisotopic (exact) mass is 388 g/mol. The Morgan fingerprint density at radius 1 is 1.38 bits per heavy atom. The second-order valence-electron chi connectivity index (χ2n) is 5.65. The molecule has 0 bridgehead atoms. The molecule has 0 aromatic heterocycles. The standard InChI is InChI=1S/C13H16ClF3N2O4S/c1-24(2,3)5-4-23-11-7-10(19(21)22)9(6-8(11)14)18-12(20)13(15,16)17/h6-7H,4-5H2,1-3H3,(H,18,20). The van der Waals surface area contributed by atoms with Gasteiger partial charge in [-0.1, -0.05) is 11.6 Å². The van der Waals surface area contributed by atoms with E-state index < -0.39 is 38.4 Å². The van der Waals surface area contributed by atoms with Crippen molar-refractivity contribution in [3.63, 3.8) is 0 Å². The summed E-state index contributed by atoms with van der Waals surface area (Å²) in [6.45, 7) is 0.254. The smallest absolute Gasteiger partial charge is 0.471 e. The van der Waals surface area contributed by atoms with Crippen LogP contribution >= 0.6 is 21.6 Å². The van der Waals surface area contributed by atoms with Crippen LogP contribution in [0.4, 0.5) is 24.5 Å². The second-order valence-corrected chi connectivity index (χ2v) is 10.6. The van der Waals surface area contributed by atoms with E-state index in [9.17, 15) is 28.1 Å². The molecular formula is C13H16ClF3N2O4S. The topological polar surface area (TPSA) is 81.5 Å². The molecule has 0 aliphatic heterocycles. The highest BCUT2D eigenvalue weighted by Crippen LogP contribution is 2.38.